The Bertz CT molecular complexity index is 823. The molecule has 0 bridgehead atoms. The van der Waals surface area contributed by atoms with Crippen LogP contribution < -0.4 is 4.74 Å². The zero-order chi connectivity index (χ0) is 16.9. The van der Waals surface area contributed by atoms with Crippen molar-refractivity contribution in [2.24, 2.45) is 0 Å². The molecule has 1 heterocycles. The highest BCUT2D eigenvalue weighted by Gasteiger charge is 2.16. The van der Waals surface area contributed by atoms with Crippen molar-refractivity contribution in [3.63, 3.8) is 0 Å². The Hall–Kier alpha value is -2.14. The van der Waals surface area contributed by atoms with Gasteiger partial charge in [-0.1, -0.05) is 41.9 Å². The van der Waals surface area contributed by atoms with Crippen LogP contribution in [0.4, 0.5) is 0 Å². The summed E-state index contributed by atoms with van der Waals surface area (Å²) in [6.45, 7) is 0.0619. The van der Waals surface area contributed by atoms with Crippen molar-refractivity contribution >= 4 is 22.5 Å². The number of aliphatic hydroxyl groups excluding tert-OH is 2. The van der Waals surface area contributed by atoms with Gasteiger partial charge in [-0.2, -0.15) is 0 Å². The number of nitrogens with zero attached hydrogens (tertiary/aromatic N) is 1. The molecular weight excluding hydrogens is 326 g/mol. The quantitative estimate of drug-likeness (QED) is 0.720. The van der Waals surface area contributed by atoms with Gasteiger partial charge in [0.1, 0.15) is 17.9 Å². The molecule has 0 saturated heterocycles. The Kier molecular flexibility index (Phi) is 5.30. The summed E-state index contributed by atoms with van der Waals surface area (Å²) >= 11 is 6.34. The lowest BCUT2D eigenvalue weighted by molar-refractivity contribution is 0.0948. The van der Waals surface area contributed by atoms with Gasteiger partial charge in [0.15, 0.2) is 0 Å². The van der Waals surface area contributed by atoms with Crippen LogP contribution in [0.5, 0.6) is 5.75 Å². The maximum absolute atomic E-state index is 9.81. The van der Waals surface area contributed by atoms with Gasteiger partial charge in [0, 0.05) is 23.6 Å². The fourth-order valence-electron chi connectivity index (χ4n) is 2.59. The summed E-state index contributed by atoms with van der Waals surface area (Å²) in [4.78, 5) is 4.39. The Morgan fingerprint density at radius 3 is 2.67 bits per heavy atom. The molecule has 0 amide bonds. The smallest absolute Gasteiger partial charge is 0.149 e. The molecule has 1 atom stereocenters. The molecule has 24 heavy (non-hydrogen) atoms. The normalized spacial score (nSPS) is 12.3. The summed E-state index contributed by atoms with van der Waals surface area (Å²) in [5, 5.41) is 20.3. The number of hydrogen-bond acceptors (Lipinski definition) is 4. The maximum atomic E-state index is 9.81. The first-order chi connectivity index (χ1) is 11.7. The van der Waals surface area contributed by atoms with Gasteiger partial charge >= 0.3 is 0 Å². The van der Waals surface area contributed by atoms with Crippen molar-refractivity contribution in [3.05, 3.63) is 70.9 Å². The number of aliphatic hydroxyl groups is 2. The summed E-state index contributed by atoms with van der Waals surface area (Å²) in [5.41, 5.74) is 2.41. The maximum Gasteiger partial charge on any atom is 0.149 e. The van der Waals surface area contributed by atoms with Gasteiger partial charge in [0.25, 0.3) is 0 Å². The van der Waals surface area contributed by atoms with E-state index in [-0.39, 0.29) is 13.0 Å². The molecule has 2 N–H and O–H groups in total. The number of pyridine rings is 1. The number of rotatable bonds is 6. The second-order valence-corrected chi connectivity index (χ2v) is 5.97. The van der Waals surface area contributed by atoms with E-state index in [0.29, 0.717) is 22.9 Å². The second kappa shape index (κ2) is 7.62. The molecular formula is C19H18ClNO3. The van der Waals surface area contributed by atoms with E-state index in [1.54, 1.807) is 12.3 Å². The third kappa shape index (κ3) is 3.67. The lowest BCUT2D eigenvalue weighted by atomic mass is 10.0. The van der Waals surface area contributed by atoms with Crippen LogP contribution >= 0.6 is 11.6 Å². The van der Waals surface area contributed by atoms with Gasteiger partial charge < -0.3 is 14.9 Å². The van der Waals surface area contributed by atoms with Crippen LogP contribution in [0.2, 0.25) is 5.02 Å². The van der Waals surface area contributed by atoms with Crippen molar-refractivity contribution in [2.75, 3.05) is 6.61 Å². The van der Waals surface area contributed by atoms with Gasteiger partial charge in [-0.25, -0.2) is 0 Å². The van der Waals surface area contributed by atoms with Gasteiger partial charge in [0.05, 0.1) is 17.7 Å². The lowest BCUT2D eigenvalue weighted by Gasteiger charge is -2.16. The molecule has 1 aromatic heterocycles. The summed E-state index contributed by atoms with van der Waals surface area (Å²) in [6.07, 6.45) is 1.05. The molecule has 0 aliphatic heterocycles. The minimum absolute atomic E-state index is 0.243. The van der Waals surface area contributed by atoms with Gasteiger partial charge in [-0.3, -0.25) is 4.98 Å². The molecule has 0 radical (unpaired) electrons. The number of aromatic nitrogens is 1. The number of hydrogen-bond donors (Lipinski definition) is 2. The summed E-state index contributed by atoms with van der Waals surface area (Å²) in [7, 11) is 0. The summed E-state index contributed by atoms with van der Waals surface area (Å²) in [6, 6.07) is 15.3. The highest BCUT2D eigenvalue weighted by molar-refractivity contribution is 6.35. The number of benzene rings is 2. The fraction of sp³-hybridized carbons (Fsp3) is 0.211. The molecule has 124 valence electrons. The largest absolute Gasteiger partial charge is 0.486 e. The lowest BCUT2D eigenvalue weighted by Crippen LogP contribution is -2.16. The first kappa shape index (κ1) is 16.7. The Morgan fingerprint density at radius 1 is 1.12 bits per heavy atom. The number of ether oxygens (including phenoxy) is 1. The van der Waals surface area contributed by atoms with Gasteiger partial charge in [0.2, 0.25) is 0 Å². The third-order valence-corrected chi connectivity index (χ3v) is 4.08. The van der Waals surface area contributed by atoms with Crippen molar-refractivity contribution < 1.29 is 14.9 Å². The molecule has 0 aliphatic rings. The van der Waals surface area contributed by atoms with Crippen molar-refractivity contribution in [1.29, 1.82) is 0 Å². The molecule has 0 spiro atoms. The highest BCUT2D eigenvalue weighted by atomic mass is 35.5. The number of halogens is 1. The summed E-state index contributed by atoms with van der Waals surface area (Å²) in [5.74, 6) is 0.589. The van der Waals surface area contributed by atoms with E-state index >= 15 is 0 Å². The average molecular weight is 344 g/mol. The topological polar surface area (TPSA) is 62.6 Å². The van der Waals surface area contributed by atoms with E-state index in [1.807, 2.05) is 42.5 Å². The third-order valence-electron chi connectivity index (χ3n) is 3.76. The average Bonchev–Trinajstić information content (AvgIpc) is 2.62. The van der Waals surface area contributed by atoms with E-state index in [2.05, 4.69) is 4.98 Å². The van der Waals surface area contributed by atoms with Crippen molar-refractivity contribution in [2.45, 2.75) is 19.1 Å². The molecule has 3 rings (SSSR count). The SMILES string of the molecule is OCC(O)Cc1cc(Cl)c2cccnc2c1OCc1ccccc1. The second-order valence-electron chi connectivity index (χ2n) is 5.56. The molecule has 0 fully saturated rings. The first-order valence-corrected chi connectivity index (χ1v) is 8.08. The van der Waals surface area contributed by atoms with Crippen LogP contribution in [-0.4, -0.2) is 27.9 Å². The molecule has 5 heteroatoms. The predicted molar refractivity (Wildman–Crippen MR) is 94.3 cm³/mol. The van der Waals surface area contributed by atoms with Gasteiger partial charge in [-0.05, 0) is 23.8 Å². The zero-order valence-electron chi connectivity index (χ0n) is 13.0. The highest BCUT2D eigenvalue weighted by Crippen LogP contribution is 2.35. The molecule has 4 nitrogen and oxygen atoms in total. The van der Waals surface area contributed by atoms with Crippen LogP contribution in [0.25, 0.3) is 10.9 Å². The first-order valence-electron chi connectivity index (χ1n) is 7.70. The van der Waals surface area contributed by atoms with Crippen LogP contribution in [-0.2, 0) is 13.0 Å². The monoisotopic (exact) mass is 343 g/mol. The Balaban J connectivity index is 2.01. The predicted octanol–water partition coefficient (Wildman–Crippen LogP) is 3.36. The van der Waals surface area contributed by atoms with E-state index in [4.69, 9.17) is 21.4 Å². The molecule has 3 aromatic rings. The minimum atomic E-state index is -0.874. The van der Waals surface area contributed by atoms with Crippen LogP contribution in [0.15, 0.2) is 54.7 Å². The van der Waals surface area contributed by atoms with Crippen LogP contribution in [0, 0.1) is 0 Å². The Labute approximate surface area is 145 Å². The minimum Gasteiger partial charge on any atom is -0.486 e. The molecule has 0 aliphatic carbocycles. The standard InChI is InChI=1S/C19H18ClNO3/c20-17-10-14(9-15(23)11-22)19(18-16(17)7-4-8-21-18)24-12-13-5-2-1-3-6-13/h1-8,10,15,22-23H,9,11-12H2. The van der Waals surface area contributed by atoms with E-state index < -0.39 is 6.10 Å². The molecule has 0 saturated carbocycles. The van der Waals surface area contributed by atoms with Crippen LogP contribution in [0.1, 0.15) is 11.1 Å². The fourth-order valence-corrected chi connectivity index (χ4v) is 2.87. The van der Waals surface area contributed by atoms with Crippen molar-refractivity contribution in [1.82, 2.24) is 4.98 Å². The van der Waals surface area contributed by atoms with Crippen LogP contribution in [0.3, 0.4) is 0 Å². The zero-order valence-corrected chi connectivity index (χ0v) is 13.8. The van der Waals surface area contributed by atoms with E-state index in [0.717, 1.165) is 16.5 Å². The molecule has 2 aromatic carbocycles. The van der Waals surface area contributed by atoms with E-state index in [9.17, 15) is 5.11 Å². The Morgan fingerprint density at radius 2 is 1.92 bits per heavy atom. The van der Waals surface area contributed by atoms with Gasteiger partial charge in [-0.15, -0.1) is 0 Å². The molecule has 1 unspecified atom stereocenters. The van der Waals surface area contributed by atoms with Crippen molar-refractivity contribution in [3.8, 4) is 5.75 Å². The number of fused-ring (bicyclic) bond motifs is 1. The van der Waals surface area contributed by atoms with E-state index in [1.165, 1.54) is 0 Å². The summed E-state index contributed by atoms with van der Waals surface area (Å²) < 4.78 is 6.02.